The molecule has 3 aromatic heterocycles. The van der Waals surface area contributed by atoms with Crippen molar-refractivity contribution in [3.8, 4) is 45.3 Å². The summed E-state index contributed by atoms with van der Waals surface area (Å²) in [6.07, 6.45) is 15.8. The van der Waals surface area contributed by atoms with Gasteiger partial charge in [-0.3, -0.25) is 0 Å². The lowest BCUT2D eigenvalue weighted by Gasteiger charge is -2.23. The lowest BCUT2D eigenvalue weighted by Crippen LogP contribution is -2.11. The first kappa shape index (κ1) is 37.2. The fourth-order valence-corrected chi connectivity index (χ4v) is 11.7. The number of allylic oxidation sites excluding steroid dienone is 8. The van der Waals surface area contributed by atoms with Crippen molar-refractivity contribution in [3.05, 3.63) is 218 Å². The lowest BCUT2D eigenvalue weighted by molar-refractivity contribution is 0.659. The van der Waals surface area contributed by atoms with E-state index in [1.165, 1.54) is 42.6 Å². The number of rotatable bonds is 5. The van der Waals surface area contributed by atoms with Crippen LogP contribution in [0, 0.1) is 11.8 Å². The number of furan rings is 1. The molecule has 4 nitrogen and oxygen atoms in total. The molecule has 2 aliphatic rings. The molecular formula is C61H37N3OS. The van der Waals surface area contributed by atoms with Crippen LogP contribution in [0.15, 0.2) is 217 Å². The number of hydrogen-bond donors (Lipinski definition) is 0. The van der Waals surface area contributed by atoms with Gasteiger partial charge in [0.2, 0.25) is 0 Å². The Morgan fingerprint density at radius 2 is 1.09 bits per heavy atom. The molecule has 0 radical (unpaired) electrons. The van der Waals surface area contributed by atoms with E-state index < -0.39 is 0 Å². The number of aromatic nitrogens is 3. The molecule has 2 aliphatic carbocycles. The molecule has 2 atom stereocenters. The summed E-state index contributed by atoms with van der Waals surface area (Å²) >= 11 is 1.79. The van der Waals surface area contributed by atoms with Crippen molar-refractivity contribution in [1.82, 2.24) is 15.0 Å². The predicted octanol–water partition coefficient (Wildman–Crippen LogP) is 16.6. The van der Waals surface area contributed by atoms with Crippen molar-refractivity contribution >= 4 is 91.3 Å². The van der Waals surface area contributed by atoms with Crippen LogP contribution in [-0.2, 0) is 0 Å². The average Bonchev–Trinajstić information content (AvgIpc) is 3.97. The largest absolute Gasteiger partial charge is 0.455 e. The summed E-state index contributed by atoms with van der Waals surface area (Å²) in [6, 6.07) is 60.7. The van der Waals surface area contributed by atoms with Crippen LogP contribution >= 0.6 is 11.3 Å². The second kappa shape index (κ2) is 14.6. The summed E-state index contributed by atoms with van der Waals surface area (Å²) in [6.45, 7) is 0. The van der Waals surface area contributed by atoms with Crippen LogP contribution in [0.25, 0.3) is 125 Å². The molecule has 12 aromatic rings. The van der Waals surface area contributed by atoms with Crippen LogP contribution < -0.4 is 0 Å². The Kier molecular flexibility index (Phi) is 8.24. The summed E-state index contributed by atoms with van der Waals surface area (Å²) in [4.78, 5) is 16.1. The Morgan fingerprint density at radius 3 is 1.98 bits per heavy atom. The van der Waals surface area contributed by atoms with E-state index in [9.17, 15) is 0 Å². The van der Waals surface area contributed by atoms with E-state index >= 15 is 0 Å². The fraction of sp³-hybridized carbons (Fsp3) is 0.0328. The smallest absolute Gasteiger partial charge is 0.165 e. The molecule has 0 N–H and O–H groups in total. The highest BCUT2D eigenvalue weighted by atomic mass is 32.1. The molecule has 308 valence electrons. The van der Waals surface area contributed by atoms with Gasteiger partial charge in [0.15, 0.2) is 17.5 Å². The number of benzene rings is 9. The number of fused-ring (bicyclic) bond motifs is 11. The molecular weight excluding hydrogens is 823 g/mol. The number of hydrogen-bond acceptors (Lipinski definition) is 5. The zero-order valence-corrected chi connectivity index (χ0v) is 36.3. The Hall–Kier alpha value is -8.25. The monoisotopic (exact) mass is 859 g/mol. The first-order chi connectivity index (χ1) is 32.7. The molecule has 0 fully saturated rings. The number of para-hydroxylation sites is 1. The predicted molar refractivity (Wildman–Crippen MR) is 277 cm³/mol. The molecule has 0 aliphatic heterocycles. The van der Waals surface area contributed by atoms with E-state index in [2.05, 4.69) is 212 Å². The van der Waals surface area contributed by atoms with E-state index in [0.717, 1.165) is 70.8 Å². The van der Waals surface area contributed by atoms with Crippen LogP contribution in [0.1, 0.15) is 5.56 Å². The zero-order valence-electron chi connectivity index (χ0n) is 35.5. The molecule has 0 saturated heterocycles. The van der Waals surface area contributed by atoms with Crippen molar-refractivity contribution in [2.75, 3.05) is 0 Å². The quantitative estimate of drug-likeness (QED) is 0.162. The van der Waals surface area contributed by atoms with E-state index in [-0.39, 0.29) is 0 Å². The highest BCUT2D eigenvalue weighted by molar-refractivity contribution is 7.26. The molecule has 0 amide bonds. The van der Waals surface area contributed by atoms with Crippen LogP contribution in [0.2, 0.25) is 0 Å². The maximum Gasteiger partial charge on any atom is 0.165 e. The van der Waals surface area contributed by atoms with Gasteiger partial charge in [0.25, 0.3) is 0 Å². The third-order valence-corrected chi connectivity index (χ3v) is 14.8. The highest BCUT2D eigenvalue weighted by Gasteiger charge is 2.23. The first-order valence-corrected chi connectivity index (χ1v) is 23.3. The summed E-state index contributed by atoms with van der Waals surface area (Å²) in [7, 11) is 0. The zero-order chi connectivity index (χ0) is 43.3. The fourth-order valence-electron chi connectivity index (χ4n) is 10.4. The van der Waals surface area contributed by atoms with E-state index in [1.54, 1.807) is 11.3 Å². The summed E-state index contributed by atoms with van der Waals surface area (Å²) in [5, 5.41) is 11.6. The second-order valence-electron chi connectivity index (χ2n) is 17.4. The normalized spacial score (nSPS) is 15.8. The third kappa shape index (κ3) is 5.87. The minimum absolute atomic E-state index is 0.328. The minimum Gasteiger partial charge on any atom is -0.455 e. The van der Waals surface area contributed by atoms with Crippen molar-refractivity contribution in [1.29, 1.82) is 0 Å². The van der Waals surface area contributed by atoms with Gasteiger partial charge in [-0.1, -0.05) is 176 Å². The van der Waals surface area contributed by atoms with Gasteiger partial charge in [0, 0.05) is 65.0 Å². The molecule has 2 unspecified atom stereocenters. The molecule has 0 saturated carbocycles. The van der Waals surface area contributed by atoms with E-state index in [4.69, 9.17) is 19.4 Å². The van der Waals surface area contributed by atoms with Gasteiger partial charge >= 0.3 is 0 Å². The van der Waals surface area contributed by atoms with Crippen LogP contribution in [0.3, 0.4) is 0 Å². The Balaban J connectivity index is 0.991. The van der Waals surface area contributed by atoms with Crippen LogP contribution in [0.4, 0.5) is 0 Å². The van der Waals surface area contributed by atoms with Crippen molar-refractivity contribution in [2.24, 2.45) is 11.8 Å². The maximum atomic E-state index is 6.87. The summed E-state index contributed by atoms with van der Waals surface area (Å²) in [5.74, 6) is 2.60. The third-order valence-electron chi connectivity index (χ3n) is 13.6. The van der Waals surface area contributed by atoms with Crippen LogP contribution in [0.5, 0.6) is 0 Å². The van der Waals surface area contributed by atoms with E-state index in [1.807, 2.05) is 0 Å². The van der Waals surface area contributed by atoms with Gasteiger partial charge in [-0.2, -0.15) is 0 Å². The van der Waals surface area contributed by atoms with Crippen molar-refractivity contribution in [3.63, 3.8) is 0 Å². The first-order valence-electron chi connectivity index (χ1n) is 22.5. The van der Waals surface area contributed by atoms with Gasteiger partial charge < -0.3 is 4.42 Å². The SMILES string of the molecule is C1=CC2C=CC(c3cccc4c3oc3cccc(-c5cc(-c6nc(-c7ccc8ccc9ccccc9c8c7)nc(-c7cccc8c7sc7ccccc78)n6)cc6ccccc56)c34)=CC2C=C1. The molecule has 66 heavy (non-hydrogen) atoms. The topological polar surface area (TPSA) is 51.8 Å². The van der Waals surface area contributed by atoms with E-state index in [0.29, 0.717) is 29.3 Å². The van der Waals surface area contributed by atoms with Gasteiger partial charge in [-0.25, -0.2) is 15.0 Å². The Morgan fingerprint density at radius 1 is 0.424 bits per heavy atom. The molecule has 0 spiro atoms. The molecule has 3 heterocycles. The standard InChI is InChI=1S/C61H37N3OS/c1-2-14-39-32-41(30-26-36(39)12-1)46-19-9-22-50-56-48(20-11-24-54(56)65-57(46)50)53-35-43(33-40-15-4-6-17-45(40)53)60-62-59(42-31-29-38-28-27-37-13-3-5-16-44(37)52(38)34-42)63-61(64-60)51-23-10-21-49-47-18-7-8-25-55(47)66-58(49)51/h1-36,39H. The minimum atomic E-state index is 0.328. The molecule has 9 aromatic carbocycles. The Labute approximate surface area is 383 Å². The summed E-state index contributed by atoms with van der Waals surface area (Å²) < 4.78 is 9.27. The molecule has 5 heteroatoms. The second-order valence-corrected chi connectivity index (χ2v) is 18.5. The molecule has 14 rings (SSSR count). The van der Waals surface area contributed by atoms with Gasteiger partial charge in [-0.15, -0.1) is 11.3 Å². The van der Waals surface area contributed by atoms with Crippen LogP contribution in [-0.4, -0.2) is 15.0 Å². The van der Waals surface area contributed by atoms with Gasteiger partial charge in [0.1, 0.15) is 11.2 Å². The van der Waals surface area contributed by atoms with Gasteiger partial charge in [0.05, 0.1) is 0 Å². The number of thiophene rings is 1. The average molecular weight is 860 g/mol. The van der Waals surface area contributed by atoms with Crippen molar-refractivity contribution in [2.45, 2.75) is 0 Å². The highest BCUT2D eigenvalue weighted by Crippen LogP contribution is 2.45. The maximum absolute atomic E-state index is 6.87. The van der Waals surface area contributed by atoms with Gasteiger partial charge in [-0.05, 0) is 85.4 Å². The lowest BCUT2D eigenvalue weighted by atomic mass is 9.81. The Bertz CT molecular complexity index is 4150. The van der Waals surface area contributed by atoms with Crippen molar-refractivity contribution < 1.29 is 4.42 Å². The molecule has 0 bridgehead atoms. The number of nitrogens with zero attached hydrogens (tertiary/aromatic N) is 3. The summed E-state index contributed by atoms with van der Waals surface area (Å²) in [5.41, 5.74) is 9.07.